The SMILES string of the molecule is Cc1ccccc1CN(c1ccc(C(=O)Nc2ccc(Cl)c(Cl)c2)cc1)S(C)(=O)=O. The Kier molecular flexibility index (Phi) is 6.71. The van der Waals surface area contributed by atoms with E-state index in [-0.39, 0.29) is 12.5 Å². The van der Waals surface area contributed by atoms with Crippen LogP contribution in [-0.4, -0.2) is 20.6 Å². The molecule has 3 aromatic rings. The number of hydrogen-bond acceptors (Lipinski definition) is 3. The summed E-state index contributed by atoms with van der Waals surface area (Å²) >= 11 is 11.9. The van der Waals surface area contributed by atoms with Gasteiger partial charge in [0.2, 0.25) is 10.0 Å². The molecule has 1 amide bonds. The molecule has 0 unspecified atom stereocenters. The van der Waals surface area contributed by atoms with E-state index in [4.69, 9.17) is 23.2 Å². The molecule has 1 N–H and O–H groups in total. The highest BCUT2D eigenvalue weighted by Gasteiger charge is 2.19. The van der Waals surface area contributed by atoms with Crippen molar-refractivity contribution in [2.24, 2.45) is 0 Å². The Balaban J connectivity index is 1.81. The summed E-state index contributed by atoms with van der Waals surface area (Å²) < 4.78 is 26.1. The third-order valence-corrected chi connectivity index (χ3v) is 6.45. The first-order chi connectivity index (χ1) is 14.1. The Bertz CT molecular complexity index is 1180. The molecule has 0 heterocycles. The maximum Gasteiger partial charge on any atom is 0.255 e. The van der Waals surface area contributed by atoms with Gasteiger partial charge in [-0.25, -0.2) is 8.42 Å². The van der Waals surface area contributed by atoms with Crippen molar-refractivity contribution in [2.75, 3.05) is 15.9 Å². The summed E-state index contributed by atoms with van der Waals surface area (Å²) in [5, 5.41) is 3.47. The number of carbonyl (C=O) groups is 1. The molecular formula is C22H20Cl2N2O3S. The Hall–Kier alpha value is -2.54. The fourth-order valence-corrected chi connectivity index (χ4v) is 4.07. The number of rotatable bonds is 6. The maximum absolute atomic E-state index is 12.5. The molecule has 30 heavy (non-hydrogen) atoms. The van der Waals surface area contributed by atoms with Crippen LogP contribution in [0.4, 0.5) is 11.4 Å². The van der Waals surface area contributed by atoms with Gasteiger partial charge in [-0.15, -0.1) is 0 Å². The largest absolute Gasteiger partial charge is 0.322 e. The van der Waals surface area contributed by atoms with Crippen LogP contribution in [0.1, 0.15) is 21.5 Å². The lowest BCUT2D eigenvalue weighted by Crippen LogP contribution is -2.29. The van der Waals surface area contributed by atoms with Crippen molar-refractivity contribution in [3.8, 4) is 0 Å². The first kappa shape index (κ1) is 22.2. The quantitative estimate of drug-likeness (QED) is 0.524. The van der Waals surface area contributed by atoms with Crippen LogP contribution >= 0.6 is 23.2 Å². The van der Waals surface area contributed by atoms with E-state index in [1.807, 2.05) is 31.2 Å². The van der Waals surface area contributed by atoms with Crippen molar-refractivity contribution < 1.29 is 13.2 Å². The summed E-state index contributed by atoms with van der Waals surface area (Å²) in [4.78, 5) is 12.5. The number of anilines is 2. The molecule has 0 saturated heterocycles. The molecule has 0 aliphatic rings. The highest BCUT2D eigenvalue weighted by Crippen LogP contribution is 2.26. The second kappa shape index (κ2) is 9.08. The third kappa shape index (κ3) is 5.33. The highest BCUT2D eigenvalue weighted by molar-refractivity contribution is 7.92. The van der Waals surface area contributed by atoms with Crippen LogP contribution in [-0.2, 0) is 16.6 Å². The molecule has 156 valence electrons. The van der Waals surface area contributed by atoms with Crippen LogP contribution in [0.5, 0.6) is 0 Å². The minimum Gasteiger partial charge on any atom is -0.322 e. The second-order valence-electron chi connectivity index (χ2n) is 6.83. The van der Waals surface area contributed by atoms with E-state index in [0.29, 0.717) is 27.0 Å². The van der Waals surface area contributed by atoms with Crippen molar-refractivity contribution in [1.82, 2.24) is 0 Å². The van der Waals surface area contributed by atoms with E-state index in [9.17, 15) is 13.2 Å². The predicted molar refractivity (Wildman–Crippen MR) is 123 cm³/mol. The van der Waals surface area contributed by atoms with Crippen molar-refractivity contribution in [3.63, 3.8) is 0 Å². The van der Waals surface area contributed by atoms with Crippen LogP contribution < -0.4 is 9.62 Å². The fourth-order valence-electron chi connectivity index (χ4n) is 2.90. The van der Waals surface area contributed by atoms with Crippen LogP contribution in [0.15, 0.2) is 66.7 Å². The number of hydrogen-bond donors (Lipinski definition) is 1. The number of nitrogens with one attached hydrogen (secondary N) is 1. The summed E-state index contributed by atoms with van der Waals surface area (Å²) in [6.45, 7) is 2.15. The second-order valence-corrected chi connectivity index (χ2v) is 9.55. The Morgan fingerprint density at radius 1 is 0.967 bits per heavy atom. The van der Waals surface area contributed by atoms with Gasteiger partial charge in [-0.1, -0.05) is 47.5 Å². The van der Waals surface area contributed by atoms with E-state index in [2.05, 4.69) is 5.32 Å². The van der Waals surface area contributed by atoms with E-state index >= 15 is 0 Å². The zero-order valence-corrected chi connectivity index (χ0v) is 18.7. The van der Waals surface area contributed by atoms with Gasteiger partial charge in [-0.05, 0) is 60.5 Å². The first-order valence-corrected chi connectivity index (χ1v) is 11.6. The van der Waals surface area contributed by atoms with Crippen LogP contribution in [0.25, 0.3) is 0 Å². The summed E-state index contributed by atoms with van der Waals surface area (Å²) in [7, 11) is -3.52. The molecule has 0 aliphatic heterocycles. The van der Waals surface area contributed by atoms with Gasteiger partial charge in [-0.3, -0.25) is 9.10 Å². The Labute approximate surface area is 186 Å². The van der Waals surface area contributed by atoms with Gasteiger partial charge in [0.05, 0.1) is 28.5 Å². The van der Waals surface area contributed by atoms with Gasteiger partial charge in [0.1, 0.15) is 0 Å². The average molecular weight is 463 g/mol. The van der Waals surface area contributed by atoms with Crippen molar-refractivity contribution in [1.29, 1.82) is 0 Å². The average Bonchev–Trinajstić information content (AvgIpc) is 2.69. The lowest BCUT2D eigenvalue weighted by atomic mass is 10.1. The fraction of sp³-hybridized carbons (Fsp3) is 0.136. The smallest absolute Gasteiger partial charge is 0.255 e. The highest BCUT2D eigenvalue weighted by atomic mass is 35.5. The summed E-state index contributed by atoms with van der Waals surface area (Å²) in [6.07, 6.45) is 1.16. The lowest BCUT2D eigenvalue weighted by molar-refractivity contribution is 0.102. The molecule has 5 nitrogen and oxygen atoms in total. The number of nitrogens with zero attached hydrogens (tertiary/aromatic N) is 1. The van der Waals surface area contributed by atoms with Gasteiger partial charge in [0.25, 0.3) is 5.91 Å². The number of halogens is 2. The van der Waals surface area contributed by atoms with Crippen molar-refractivity contribution >= 4 is 50.5 Å². The van der Waals surface area contributed by atoms with E-state index in [0.717, 1.165) is 17.4 Å². The molecule has 0 aromatic heterocycles. The molecule has 0 fully saturated rings. The third-order valence-electron chi connectivity index (χ3n) is 4.57. The summed E-state index contributed by atoms with van der Waals surface area (Å²) in [5.74, 6) is -0.343. The summed E-state index contributed by atoms with van der Waals surface area (Å²) in [5.41, 5.74) is 3.28. The predicted octanol–water partition coefficient (Wildman–Crippen LogP) is 5.52. The summed E-state index contributed by atoms with van der Waals surface area (Å²) in [6, 6.07) is 18.8. The zero-order chi connectivity index (χ0) is 21.9. The molecule has 0 aliphatic carbocycles. The molecule has 8 heteroatoms. The number of aryl methyl sites for hydroxylation is 1. The minimum absolute atomic E-state index is 0.209. The molecule has 3 rings (SSSR count). The zero-order valence-electron chi connectivity index (χ0n) is 16.4. The molecule has 0 saturated carbocycles. The van der Waals surface area contributed by atoms with Crippen LogP contribution in [0.2, 0.25) is 10.0 Å². The molecule has 0 radical (unpaired) electrons. The van der Waals surface area contributed by atoms with Crippen LogP contribution in [0, 0.1) is 6.92 Å². The standard InChI is InChI=1S/C22H20Cl2N2O3S/c1-15-5-3-4-6-17(15)14-26(30(2,28)29)19-10-7-16(8-11-19)22(27)25-18-9-12-20(23)21(24)13-18/h3-13H,14H2,1-2H3,(H,25,27). The van der Waals surface area contributed by atoms with Gasteiger partial charge in [-0.2, -0.15) is 0 Å². The topological polar surface area (TPSA) is 66.5 Å². The number of amides is 1. The van der Waals surface area contributed by atoms with E-state index in [1.165, 1.54) is 4.31 Å². The Morgan fingerprint density at radius 2 is 1.63 bits per heavy atom. The molecule has 3 aromatic carbocycles. The van der Waals surface area contributed by atoms with E-state index < -0.39 is 10.0 Å². The lowest BCUT2D eigenvalue weighted by Gasteiger charge is -2.23. The molecule has 0 spiro atoms. The van der Waals surface area contributed by atoms with Crippen molar-refractivity contribution in [3.05, 3.63) is 93.5 Å². The van der Waals surface area contributed by atoms with E-state index in [1.54, 1.807) is 42.5 Å². The van der Waals surface area contributed by atoms with Gasteiger partial charge in [0.15, 0.2) is 0 Å². The Morgan fingerprint density at radius 3 is 2.23 bits per heavy atom. The molecular weight excluding hydrogens is 443 g/mol. The van der Waals surface area contributed by atoms with Gasteiger partial charge in [0, 0.05) is 11.3 Å². The first-order valence-electron chi connectivity index (χ1n) is 9.04. The van der Waals surface area contributed by atoms with Crippen LogP contribution in [0.3, 0.4) is 0 Å². The molecule has 0 bridgehead atoms. The normalized spacial score (nSPS) is 11.2. The number of benzene rings is 3. The number of sulfonamides is 1. The van der Waals surface area contributed by atoms with Crippen molar-refractivity contribution in [2.45, 2.75) is 13.5 Å². The van der Waals surface area contributed by atoms with Gasteiger partial charge >= 0.3 is 0 Å². The number of carbonyl (C=O) groups excluding carboxylic acids is 1. The monoisotopic (exact) mass is 462 g/mol. The maximum atomic E-state index is 12.5. The molecule has 0 atom stereocenters. The van der Waals surface area contributed by atoms with Gasteiger partial charge < -0.3 is 5.32 Å². The minimum atomic E-state index is -3.52.